The molecule has 0 fully saturated rings. The van der Waals surface area contributed by atoms with Crippen LogP contribution in [-0.4, -0.2) is 17.5 Å². The molecule has 1 N–H and O–H groups in total. The van der Waals surface area contributed by atoms with E-state index in [4.69, 9.17) is 5.21 Å². The number of nitrogens with zero attached hydrogens (tertiary/aromatic N) is 2. The van der Waals surface area contributed by atoms with Gasteiger partial charge in [-0.1, -0.05) is 51.4 Å². The van der Waals surface area contributed by atoms with Gasteiger partial charge >= 0.3 is 0 Å². The predicted molar refractivity (Wildman–Crippen MR) is 84.6 cm³/mol. The van der Waals surface area contributed by atoms with Gasteiger partial charge < -0.3 is 10.1 Å². The highest BCUT2D eigenvalue weighted by Gasteiger charge is 2.21. The van der Waals surface area contributed by atoms with Gasteiger partial charge in [-0.3, -0.25) is 0 Å². The van der Waals surface area contributed by atoms with Gasteiger partial charge in [-0.05, 0) is 23.8 Å². The minimum atomic E-state index is 0.768. The lowest BCUT2D eigenvalue weighted by Crippen LogP contribution is -2.31. The van der Waals surface area contributed by atoms with Gasteiger partial charge in [0.2, 0.25) is 0 Å². The Morgan fingerprint density at radius 3 is 2.60 bits per heavy atom. The number of hydrogen-bond acceptors (Lipinski definition) is 3. The van der Waals surface area contributed by atoms with Gasteiger partial charge in [0.1, 0.15) is 0 Å². The molecule has 1 aliphatic rings. The molecule has 0 aliphatic carbocycles. The third-order valence-corrected chi connectivity index (χ3v) is 4.11. The van der Waals surface area contributed by atoms with Crippen LogP contribution in [0, 0.1) is 0 Å². The van der Waals surface area contributed by atoms with Crippen LogP contribution in [0.2, 0.25) is 0 Å². The average Bonchev–Trinajstić information content (AvgIpc) is 2.50. The predicted octanol–water partition coefficient (Wildman–Crippen LogP) is 4.04. The Bertz CT molecular complexity index is 637. The van der Waals surface area contributed by atoms with Gasteiger partial charge in [-0.15, -0.1) is 0 Å². The molecule has 0 amide bonds. The Kier molecular flexibility index (Phi) is 3.74. The SMILES string of the molecule is ON=C1CCN(Cc2ccc(Br)cc2)c2ccccc21. The van der Waals surface area contributed by atoms with Crippen molar-refractivity contribution >= 4 is 27.3 Å². The van der Waals surface area contributed by atoms with E-state index < -0.39 is 0 Å². The summed E-state index contributed by atoms with van der Waals surface area (Å²) < 4.78 is 1.09. The third-order valence-electron chi connectivity index (χ3n) is 3.58. The Morgan fingerprint density at radius 1 is 1.10 bits per heavy atom. The van der Waals surface area contributed by atoms with Crippen LogP contribution in [0.3, 0.4) is 0 Å². The first kappa shape index (κ1) is 13.2. The lowest BCUT2D eigenvalue weighted by molar-refractivity contribution is 0.317. The number of fused-ring (bicyclic) bond motifs is 1. The maximum atomic E-state index is 9.11. The molecule has 3 rings (SSSR count). The van der Waals surface area contributed by atoms with Crippen LogP contribution in [0.4, 0.5) is 5.69 Å². The summed E-state index contributed by atoms with van der Waals surface area (Å²) in [6.07, 6.45) is 0.768. The van der Waals surface area contributed by atoms with Gasteiger partial charge in [-0.25, -0.2) is 0 Å². The topological polar surface area (TPSA) is 35.8 Å². The van der Waals surface area contributed by atoms with Gasteiger partial charge in [0, 0.05) is 35.2 Å². The highest BCUT2D eigenvalue weighted by atomic mass is 79.9. The lowest BCUT2D eigenvalue weighted by atomic mass is 9.99. The van der Waals surface area contributed by atoms with Crippen LogP contribution < -0.4 is 4.90 Å². The van der Waals surface area contributed by atoms with Crippen LogP contribution in [-0.2, 0) is 6.54 Å². The number of para-hydroxylation sites is 1. The highest BCUT2D eigenvalue weighted by Crippen LogP contribution is 2.28. The molecule has 1 heterocycles. The Balaban J connectivity index is 1.90. The number of halogens is 1. The molecule has 4 heteroatoms. The molecule has 102 valence electrons. The smallest absolute Gasteiger partial charge is 0.0906 e. The van der Waals surface area contributed by atoms with Crippen molar-refractivity contribution in [2.75, 3.05) is 11.4 Å². The minimum absolute atomic E-state index is 0.768. The second kappa shape index (κ2) is 5.67. The van der Waals surface area contributed by atoms with E-state index >= 15 is 0 Å². The van der Waals surface area contributed by atoms with E-state index in [9.17, 15) is 0 Å². The standard InChI is InChI=1S/C16H15BrN2O/c17-13-7-5-12(6-8-13)11-19-10-9-15(18-20)14-3-1-2-4-16(14)19/h1-8,20H,9-11H2. The number of benzene rings is 2. The van der Waals surface area contributed by atoms with Crippen LogP contribution in [0.25, 0.3) is 0 Å². The average molecular weight is 331 g/mol. The van der Waals surface area contributed by atoms with Crippen LogP contribution in [0.1, 0.15) is 17.5 Å². The summed E-state index contributed by atoms with van der Waals surface area (Å²) in [6.45, 7) is 1.73. The quantitative estimate of drug-likeness (QED) is 0.666. The van der Waals surface area contributed by atoms with Gasteiger partial charge in [-0.2, -0.15) is 0 Å². The molecule has 0 atom stereocenters. The number of anilines is 1. The van der Waals surface area contributed by atoms with Crippen molar-refractivity contribution in [3.8, 4) is 0 Å². The fraction of sp³-hybridized carbons (Fsp3) is 0.188. The normalized spacial score (nSPS) is 16.2. The summed E-state index contributed by atoms with van der Waals surface area (Å²) in [5, 5.41) is 12.5. The van der Waals surface area contributed by atoms with Crippen molar-refractivity contribution in [3.63, 3.8) is 0 Å². The maximum absolute atomic E-state index is 9.11. The van der Waals surface area contributed by atoms with E-state index in [-0.39, 0.29) is 0 Å². The largest absolute Gasteiger partial charge is 0.411 e. The fourth-order valence-electron chi connectivity index (χ4n) is 2.57. The zero-order valence-electron chi connectivity index (χ0n) is 11.0. The maximum Gasteiger partial charge on any atom is 0.0906 e. The van der Waals surface area contributed by atoms with E-state index in [1.807, 2.05) is 18.2 Å². The summed E-state index contributed by atoms with van der Waals surface area (Å²) in [5.41, 5.74) is 4.20. The number of rotatable bonds is 2. The van der Waals surface area contributed by atoms with Crippen molar-refractivity contribution in [1.29, 1.82) is 0 Å². The Labute approximate surface area is 126 Å². The zero-order chi connectivity index (χ0) is 13.9. The second-order valence-electron chi connectivity index (χ2n) is 4.86. The van der Waals surface area contributed by atoms with E-state index in [2.05, 4.69) is 56.3 Å². The molecule has 20 heavy (non-hydrogen) atoms. The molecule has 0 saturated carbocycles. The van der Waals surface area contributed by atoms with Crippen molar-refractivity contribution in [2.24, 2.45) is 5.16 Å². The van der Waals surface area contributed by atoms with Crippen LogP contribution in [0.5, 0.6) is 0 Å². The molecule has 0 unspecified atom stereocenters. The highest BCUT2D eigenvalue weighted by molar-refractivity contribution is 9.10. The molecule has 3 nitrogen and oxygen atoms in total. The third kappa shape index (κ3) is 2.56. The lowest BCUT2D eigenvalue weighted by Gasteiger charge is -2.31. The molecule has 0 bridgehead atoms. The van der Waals surface area contributed by atoms with Crippen molar-refractivity contribution in [1.82, 2.24) is 0 Å². The summed E-state index contributed by atoms with van der Waals surface area (Å²) in [6, 6.07) is 16.5. The van der Waals surface area contributed by atoms with Crippen molar-refractivity contribution < 1.29 is 5.21 Å². The fourth-order valence-corrected chi connectivity index (χ4v) is 2.83. The molecule has 1 aliphatic heterocycles. The molecule has 0 spiro atoms. The molecule has 2 aromatic carbocycles. The van der Waals surface area contributed by atoms with E-state index in [1.165, 1.54) is 5.56 Å². The minimum Gasteiger partial charge on any atom is -0.411 e. The van der Waals surface area contributed by atoms with Crippen molar-refractivity contribution in [2.45, 2.75) is 13.0 Å². The Hall–Kier alpha value is -1.81. The molecule has 2 aromatic rings. The zero-order valence-corrected chi connectivity index (χ0v) is 12.5. The Morgan fingerprint density at radius 2 is 1.85 bits per heavy atom. The molecular formula is C16H15BrN2O. The first-order chi connectivity index (χ1) is 9.78. The van der Waals surface area contributed by atoms with E-state index in [0.717, 1.165) is 40.9 Å². The summed E-state index contributed by atoms with van der Waals surface area (Å²) in [5.74, 6) is 0. The summed E-state index contributed by atoms with van der Waals surface area (Å²) >= 11 is 3.46. The second-order valence-corrected chi connectivity index (χ2v) is 5.78. The first-order valence-corrected chi connectivity index (χ1v) is 7.37. The monoisotopic (exact) mass is 330 g/mol. The van der Waals surface area contributed by atoms with E-state index in [0.29, 0.717) is 0 Å². The molecule has 0 aromatic heterocycles. The van der Waals surface area contributed by atoms with E-state index in [1.54, 1.807) is 0 Å². The van der Waals surface area contributed by atoms with Crippen molar-refractivity contribution in [3.05, 3.63) is 64.1 Å². The first-order valence-electron chi connectivity index (χ1n) is 6.57. The van der Waals surface area contributed by atoms with Gasteiger partial charge in [0.25, 0.3) is 0 Å². The van der Waals surface area contributed by atoms with Gasteiger partial charge in [0.05, 0.1) is 5.71 Å². The summed E-state index contributed by atoms with van der Waals surface area (Å²) in [7, 11) is 0. The molecular weight excluding hydrogens is 316 g/mol. The molecule has 0 radical (unpaired) electrons. The van der Waals surface area contributed by atoms with Crippen LogP contribution >= 0.6 is 15.9 Å². The number of oxime groups is 1. The molecule has 0 saturated heterocycles. The van der Waals surface area contributed by atoms with Crippen LogP contribution in [0.15, 0.2) is 58.2 Å². The van der Waals surface area contributed by atoms with Gasteiger partial charge in [0.15, 0.2) is 0 Å². The summed E-state index contributed by atoms with van der Waals surface area (Å²) in [4.78, 5) is 2.33. The number of hydrogen-bond donors (Lipinski definition) is 1.